The lowest BCUT2D eigenvalue weighted by Crippen LogP contribution is -2.52. The summed E-state index contributed by atoms with van der Waals surface area (Å²) in [7, 11) is 0. The third kappa shape index (κ3) is 4.41. The summed E-state index contributed by atoms with van der Waals surface area (Å²) < 4.78 is 5.54. The van der Waals surface area contributed by atoms with Gasteiger partial charge in [0, 0.05) is 56.7 Å². The van der Waals surface area contributed by atoms with Gasteiger partial charge in [0.05, 0.1) is 6.04 Å². The van der Waals surface area contributed by atoms with Gasteiger partial charge in [-0.2, -0.15) is 4.98 Å². The highest BCUT2D eigenvalue weighted by Gasteiger charge is 2.37. The molecule has 1 unspecified atom stereocenters. The molecule has 0 bridgehead atoms. The van der Waals surface area contributed by atoms with Gasteiger partial charge in [-0.05, 0) is 32.6 Å². The van der Waals surface area contributed by atoms with Gasteiger partial charge >= 0.3 is 0 Å². The van der Waals surface area contributed by atoms with Gasteiger partial charge in [-0.3, -0.25) is 14.5 Å². The maximum Gasteiger partial charge on any atom is 0.244 e. The summed E-state index contributed by atoms with van der Waals surface area (Å²) in [6, 6.07) is 9.82. The number of hydrogen-bond acceptors (Lipinski definition) is 6. The van der Waals surface area contributed by atoms with Crippen LogP contribution in [0.15, 0.2) is 34.9 Å². The first-order chi connectivity index (χ1) is 15.6. The van der Waals surface area contributed by atoms with E-state index < -0.39 is 0 Å². The molecule has 8 heteroatoms. The Labute approximate surface area is 188 Å². The molecule has 1 aliphatic carbocycles. The molecule has 5 rings (SSSR count). The Morgan fingerprint density at radius 1 is 0.875 bits per heavy atom. The summed E-state index contributed by atoms with van der Waals surface area (Å²) in [6.07, 6.45) is 3.66. The number of hydrogen-bond donors (Lipinski definition) is 0. The van der Waals surface area contributed by atoms with Crippen LogP contribution in [0.5, 0.6) is 0 Å². The van der Waals surface area contributed by atoms with Gasteiger partial charge in [-0.1, -0.05) is 35.5 Å². The molecule has 32 heavy (non-hydrogen) atoms. The molecule has 170 valence electrons. The van der Waals surface area contributed by atoms with Crippen molar-refractivity contribution < 1.29 is 14.1 Å². The van der Waals surface area contributed by atoms with Crippen molar-refractivity contribution in [3.63, 3.8) is 0 Å². The number of benzene rings is 1. The van der Waals surface area contributed by atoms with Crippen LogP contribution in [0.2, 0.25) is 0 Å². The zero-order chi connectivity index (χ0) is 22.1. The van der Waals surface area contributed by atoms with Crippen LogP contribution in [-0.4, -0.2) is 75.9 Å². The standard InChI is InChI=1S/C24H31N5O3/c1-17(22-25-21(26-32-22)18-5-3-2-4-6-18)27-13-15-29(16-14-27)24(31)20-9-11-28(12-10-20)23(30)19-7-8-19/h2-6,17,19-20H,7-16H2,1H3. The highest BCUT2D eigenvalue weighted by atomic mass is 16.5. The zero-order valence-corrected chi connectivity index (χ0v) is 18.7. The van der Waals surface area contributed by atoms with Crippen LogP contribution in [0, 0.1) is 11.8 Å². The van der Waals surface area contributed by atoms with Crippen LogP contribution in [-0.2, 0) is 9.59 Å². The Kier molecular flexibility index (Phi) is 5.95. The third-order valence-electron chi connectivity index (χ3n) is 7.09. The molecule has 3 fully saturated rings. The van der Waals surface area contributed by atoms with E-state index in [-0.39, 0.29) is 23.8 Å². The zero-order valence-electron chi connectivity index (χ0n) is 18.7. The number of carbonyl (C=O) groups excluding carboxylic acids is 2. The molecular weight excluding hydrogens is 406 g/mol. The van der Waals surface area contributed by atoms with Crippen molar-refractivity contribution >= 4 is 11.8 Å². The number of likely N-dealkylation sites (tertiary alicyclic amines) is 1. The first kappa shape index (κ1) is 21.1. The Balaban J connectivity index is 1.11. The summed E-state index contributed by atoms with van der Waals surface area (Å²) in [5, 5.41) is 4.13. The fraction of sp³-hybridized carbons (Fsp3) is 0.583. The molecule has 0 spiro atoms. The Morgan fingerprint density at radius 2 is 1.47 bits per heavy atom. The van der Waals surface area contributed by atoms with Crippen molar-refractivity contribution in [2.45, 2.75) is 38.6 Å². The smallest absolute Gasteiger partial charge is 0.244 e. The Hall–Kier alpha value is -2.74. The lowest BCUT2D eigenvalue weighted by Gasteiger charge is -2.39. The average molecular weight is 438 g/mol. The van der Waals surface area contributed by atoms with Gasteiger partial charge in [0.15, 0.2) is 0 Å². The van der Waals surface area contributed by atoms with E-state index in [1.807, 2.05) is 40.1 Å². The third-order valence-corrected chi connectivity index (χ3v) is 7.09. The lowest BCUT2D eigenvalue weighted by molar-refractivity contribution is -0.142. The van der Waals surface area contributed by atoms with Crippen molar-refractivity contribution in [3.05, 3.63) is 36.2 Å². The number of piperidine rings is 1. The number of nitrogens with zero attached hydrogens (tertiary/aromatic N) is 5. The van der Waals surface area contributed by atoms with Crippen molar-refractivity contribution in [1.29, 1.82) is 0 Å². The monoisotopic (exact) mass is 437 g/mol. The summed E-state index contributed by atoms with van der Waals surface area (Å²) in [5.41, 5.74) is 0.940. The van der Waals surface area contributed by atoms with E-state index in [0.717, 1.165) is 57.4 Å². The molecule has 1 atom stereocenters. The molecule has 3 aliphatic rings. The Morgan fingerprint density at radius 3 is 2.09 bits per heavy atom. The molecule has 0 N–H and O–H groups in total. The highest BCUT2D eigenvalue weighted by molar-refractivity contribution is 5.82. The minimum atomic E-state index is 0.00823. The van der Waals surface area contributed by atoms with E-state index in [0.29, 0.717) is 30.7 Å². The molecule has 2 aliphatic heterocycles. The van der Waals surface area contributed by atoms with Crippen LogP contribution < -0.4 is 0 Å². The maximum atomic E-state index is 13.0. The number of piperazine rings is 1. The lowest BCUT2D eigenvalue weighted by atomic mass is 9.94. The molecule has 0 radical (unpaired) electrons. The molecule has 2 amide bonds. The van der Waals surface area contributed by atoms with Crippen molar-refractivity contribution in [1.82, 2.24) is 24.8 Å². The number of amides is 2. The van der Waals surface area contributed by atoms with Crippen LogP contribution in [0.1, 0.15) is 44.5 Å². The van der Waals surface area contributed by atoms with Gasteiger partial charge in [-0.15, -0.1) is 0 Å². The predicted molar refractivity (Wildman–Crippen MR) is 118 cm³/mol. The summed E-state index contributed by atoms with van der Waals surface area (Å²) >= 11 is 0. The highest BCUT2D eigenvalue weighted by Crippen LogP contribution is 2.33. The molecule has 1 aromatic carbocycles. The van der Waals surface area contributed by atoms with Gasteiger partial charge in [-0.25, -0.2) is 0 Å². The normalized spacial score (nSPS) is 21.5. The van der Waals surface area contributed by atoms with Gasteiger partial charge in [0.1, 0.15) is 0 Å². The topological polar surface area (TPSA) is 82.8 Å². The largest absolute Gasteiger partial charge is 0.342 e. The van der Waals surface area contributed by atoms with Crippen LogP contribution in [0.4, 0.5) is 0 Å². The number of rotatable bonds is 5. The Bertz CT molecular complexity index is 942. The average Bonchev–Trinajstić information content (AvgIpc) is 3.59. The van der Waals surface area contributed by atoms with E-state index >= 15 is 0 Å². The van der Waals surface area contributed by atoms with Gasteiger partial charge in [0.2, 0.25) is 23.5 Å². The molecule has 3 heterocycles. The number of aromatic nitrogens is 2. The van der Waals surface area contributed by atoms with Gasteiger partial charge in [0.25, 0.3) is 0 Å². The SMILES string of the molecule is CC(c1nc(-c2ccccc2)no1)N1CCN(C(=O)C2CCN(C(=O)C3CC3)CC2)CC1. The van der Waals surface area contributed by atoms with E-state index in [2.05, 4.69) is 22.0 Å². The second kappa shape index (κ2) is 9.02. The molecule has 1 aromatic heterocycles. The summed E-state index contributed by atoms with van der Waals surface area (Å²) in [5.74, 6) is 2.07. The van der Waals surface area contributed by atoms with E-state index in [1.165, 1.54) is 0 Å². The first-order valence-corrected chi connectivity index (χ1v) is 11.8. The summed E-state index contributed by atoms with van der Waals surface area (Å²) in [6.45, 7) is 6.53. The van der Waals surface area contributed by atoms with Crippen molar-refractivity contribution in [3.8, 4) is 11.4 Å². The van der Waals surface area contributed by atoms with E-state index in [9.17, 15) is 9.59 Å². The minimum absolute atomic E-state index is 0.00823. The van der Waals surface area contributed by atoms with E-state index in [1.54, 1.807) is 0 Å². The second-order valence-electron chi connectivity index (χ2n) is 9.23. The fourth-order valence-electron chi connectivity index (χ4n) is 4.79. The molecule has 1 saturated carbocycles. The minimum Gasteiger partial charge on any atom is -0.342 e. The van der Waals surface area contributed by atoms with Crippen LogP contribution in [0.25, 0.3) is 11.4 Å². The van der Waals surface area contributed by atoms with Crippen LogP contribution >= 0.6 is 0 Å². The van der Waals surface area contributed by atoms with Crippen LogP contribution in [0.3, 0.4) is 0 Å². The summed E-state index contributed by atoms with van der Waals surface area (Å²) in [4.78, 5) is 36.1. The molecule has 2 saturated heterocycles. The van der Waals surface area contributed by atoms with E-state index in [4.69, 9.17) is 4.52 Å². The van der Waals surface area contributed by atoms with Crippen molar-refractivity contribution in [2.75, 3.05) is 39.3 Å². The predicted octanol–water partition coefficient (Wildman–Crippen LogP) is 2.59. The fourth-order valence-corrected chi connectivity index (χ4v) is 4.79. The quantitative estimate of drug-likeness (QED) is 0.715. The number of carbonyl (C=O) groups is 2. The molecular formula is C24H31N5O3. The van der Waals surface area contributed by atoms with Gasteiger partial charge < -0.3 is 14.3 Å². The second-order valence-corrected chi connectivity index (χ2v) is 9.23. The maximum absolute atomic E-state index is 13.0. The van der Waals surface area contributed by atoms with Crippen molar-refractivity contribution in [2.24, 2.45) is 11.8 Å². The first-order valence-electron chi connectivity index (χ1n) is 11.8. The molecule has 8 nitrogen and oxygen atoms in total. The molecule has 2 aromatic rings.